The van der Waals surface area contributed by atoms with Gasteiger partial charge in [-0.25, -0.2) is 4.90 Å². The zero-order chi connectivity index (χ0) is 25.3. The quantitative estimate of drug-likeness (QED) is 0.403. The fraction of sp³-hybridized carbons (Fsp3) is 0.207. The highest BCUT2D eigenvalue weighted by atomic mass is 16.7. The lowest BCUT2D eigenvalue weighted by atomic mass is 9.83. The van der Waals surface area contributed by atoms with Crippen LogP contribution in [0.1, 0.15) is 27.5 Å². The second-order valence-corrected chi connectivity index (χ2v) is 9.48. The molecule has 3 aromatic carbocycles. The molecule has 4 aliphatic rings. The largest absolute Gasteiger partial charge is 0.497 e. The molecule has 0 spiro atoms. The summed E-state index contributed by atoms with van der Waals surface area (Å²) in [7, 11) is 1.56. The molecule has 8 heteroatoms. The van der Waals surface area contributed by atoms with E-state index in [9.17, 15) is 14.4 Å². The summed E-state index contributed by atoms with van der Waals surface area (Å²) in [6.07, 6.45) is 3.79. The number of ketones is 1. The third kappa shape index (κ3) is 3.05. The molecule has 0 saturated carbocycles. The van der Waals surface area contributed by atoms with Crippen molar-refractivity contribution in [2.24, 2.45) is 11.8 Å². The van der Waals surface area contributed by atoms with Crippen LogP contribution in [0.3, 0.4) is 0 Å². The van der Waals surface area contributed by atoms with Crippen LogP contribution in [0.4, 0.5) is 5.69 Å². The van der Waals surface area contributed by atoms with Gasteiger partial charge in [0, 0.05) is 17.8 Å². The Morgan fingerprint density at radius 2 is 1.68 bits per heavy atom. The van der Waals surface area contributed by atoms with E-state index in [-0.39, 0.29) is 24.4 Å². The molecule has 4 atom stereocenters. The Balaban J connectivity index is 1.34. The van der Waals surface area contributed by atoms with Gasteiger partial charge in [-0.1, -0.05) is 24.3 Å². The molecule has 0 N–H and O–H groups in total. The molecule has 4 heterocycles. The maximum absolute atomic E-state index is 14.0. The first-order valence-electron chi connectivity index (χ1n) is 12.1. The van der Waals surface area contributed by atoms with E-state index in [1.54, 1.807) is 49.6 Å². The number of hydrogen-bond donors (Lipinski definition) is 0. The molecule has 184 valence electrons. The van der Waals surface area contributed by atoms with Crippen LogP contribution in [0, 0.1) is 11.8 Å². The number of carbonyl (C=O) groups excluding carboxylic acids is 3. The van der Waals surface area contributed by atoms with Crippen LogP contribution in [0.25, 0.3) is 6.08 Å². The summed E-state index contributed by atoms with van der Waals surface area (Å²) >= 11 is 0. The summed E-state index contributed by atoms with van der Waals surface area (Å²) in [6.45, 7) is 0.0878. The van der Waals surface area contributed by atoms with E-state index < -0.39 is 23.9 Å². The standard InChI is InChI=1S/C29H22N2O6/c1-35-19-9-6-17(7-10-19)27(32)26-24-23(25-20-5-3-2-4-16(20)12-13-30(25)26)28(33)31(29(24)34)18-8-11-21-22(14-18)37-15-36-21/h2-14,23-26H,15H2,1H3/t23-,24+,25+,26-/m0/s1. The summed E-state index contributed by atoms with van der Waals surface area (Å²) < 4.78 is 16.1. The third-order valence-corrected chi connectivity index (χ3v) is 7.72. The molecule has 2 fully saturated rings. The molecular formula is C29H22N2O6. The van der Waals surface area contributed by atoms with Gasteiger partial charge in [-0.3, -0.25) is 14.4 Å². The number of fused-ring (bicyclic) bond motifs is 6. The molecule has 0 radical (unpaired) electrons. The molecule has 7 rings (SSSR count). The number of ether oxygens (including phenoxy) is 3. The van der Waals surface area contributed by atoms with Crippen LogP contribution in [-0.2, 0) is 9.59 Å². The van der Waals surface area contributed by atoms with E-state index in [0.29, 0.717) is 28.5 Å². The number of rotatable bonds is 4. The number of nitrogens with zero attached hydrogens (tertiary/aromatic N) is 2. The zero-order valence-corrected chi connectivity index (χ0v) is 19.9. The van der Waals surface area contributed by atoms with Crippen molar-refractivity contribution in [3.63, 3.8) is 0 Å². The second kappa shape index (κ2) is 7.96. The maximum atomic E-state index is 14.0. The Morgan fingerprint density at radius 1 is 0.919 bits per heavy atom. The number of methoxy groups -OCH3 is 1. The number of imide groups is 1. The molecule has 0 aliphatic carbocycles. The predicted octanol–water partition coefficient (Wildman–Crippen LogP) is 3.82. The lowest BCUT2D eigenvalue weighted by molar-refractivity contribution is -0.123. The Morgan fingerprint density at radius 3 is 2.49 bits per heavy atom. The van der Waals surface area contributed by atoms with Crippen LogP contribution in [0.5, 0.6) is 17.2 Å². The SMILES string of the molecule is COc1ccc(C(=O)[C@@H]2[C@@H]3C(=O)N(c4ccc5c(c4)OCO5)C(=O)[C@@H]3[C@H]3c4ccccc4C=CN23)cc1. The Hall–Kier alpha value is -4.59. The smallest absolute Gasteiger partial charge is 0.240 e. The van der Waals surface area contributed by atoms with E-state index in [0.717, 1.165) is 11.1 Å². The first kappa shape index (κ1) is 21.7. The highest BCUT2D eigenvalue weighted by molar-refractivity contribution is 6.24. The van der Waals surface area contributed by atoms with Crippen molar-refractivity contribution in [1.82, 2.24) is 4.90 Å². The molecule has 8 nitrogen and oxygen atoms in total. The third-order valence-electron chi connectivity index (χ3n) is 7.72. The minimum Gasteiger partial charge on any atom is -0.497 e. The van der Waals surface area contributed by atoms with Crippen molar-refractivity contribution in [2.45, 2.75) is 12.1 Å². The highest BCUT2D eigenvalue weighted by Crippen LogP contribution is 2.54. The van der Waals surface area contributed by atoms with Gasteiger partial charge in [-0.15, -0.1) is 0 Å². The number of hydrogen-bond acceptors (Lipinski definition) is 7. The van der Waals surface area contributed by atoms with Crippen LogP contribution < -0.4 is 19.1 Å². The Bertz CT molecular complexity index is 1500. The fourth-order valence-electron chi connectivity index (χ4n) is 6.06. The minimum atomic E-state index is -0.840. The van der Waals surface area contributed by atoms with Crippen molar-refractivity contribution in [3.05, 3.63) is 89.6 Å². The molecule has 37 heavy (non-hydrogen) atoms. The lowest BCUT2D eigenvalue weighted by Gasteiger charge is -2.35. The summed E-state index contributed by atoms with van der Waals surface area (Å²) in [5.41, 5.74) is 2.77. The van der Waals surface area contributed by atoms with Gasteiger partial charge >= 0.3 is 0 Å². The van der Waals surface area contributed by atoms with Crippen molar-refractivity contribution in [1.29, 1.82) is 0 Å². The first-order valence-corrected chi connectivity index (χ1v) is 12.1. The Kier molecular flexibility index (Phi) is 4.66. The predicted molar refractivity (Wildman–Crippen MR) is 133 cm³/mol. The topological polar surface area (TPSA) is 85.4 Å². The van der Waals surface area contributed by atoms with Crippen LogP contribution in [-0.4, -0.2) is 42.4 Å². The normalized spacial score (nSPS) is 24.7. The summed E-state index contributed by atoms with van der Waals surface area (Å²) in [4.78, 5) is 45.1. The summed E-state index contributed by atoms with van der Waals surface area (Å²) in [5.74, 6) is -0.796. The van der Waals surface area contributed by atoms with Crippen molar-refractivity contribution in [3.8, 4) is 17.2 Å². The van der Waals surface area contributed by atoms with Gasteiger partial charge in [0.2, 0.25) is 18.6 Å². The number of amides is 2. The Labute approximate surface area is 212 Å². The van der Waals surface area contributed by atoms with Crippen LogP contribution >= 0.6 is 0 Å². The maximum Gasteiger partial charge on any atom is 0.240 e. The number of anilines is 1. The monoisotopic (exact) mass is 494 g/mol. The highest BCUT2D eigenvalue weighted by Gasteiger charge is 2.64. The lowest BCUT2D eigenvalue weighted by Crippen LogP contribution is -2.44. The second-order valence-electron chi connectivity index (χ2n) is 9.48. The molecule has 0 unspecified atom stereocenters. The van der Waals surface area contributed by atoms with Gasteiger partial charge < -0.3 is 19.1 Å². The average Bonchev–Trinajstić information content (AvgIpc) is 3.61. The number of carbonyl (C=O) groups is 3. The van der Waals surface area contributed by atoms with Gasteiger partial charge in [-0.2, -0.15) is 0 Å². The molecule has 0 bridgehead atoms. The van der Waals surface area contributed by atoms with Gasteiger partial charge in [0.05, 0.1) is 30.7 Å². The van der Waals surface area contributed by atoms with E-state index in [1.165, 1.54) is 4.90 Å². The van der Waals surface area contributed by atoms with Crippen molar-refractivity contribution >= 4 is 29.4 Å². The van der Waals surface area contributed by atoms with E-state index in [1.807, 2.05) is 41.4 Å². The van der Waals surface area contributed by atoms with Gasteiger partial charge in [0.15, 0.2) is 17.3 Å². The molecule has 0 aromatic heterocycles. The summed E-state index contributed by atoms with van der Waals surface area (Å²) in [6, 6.07) is 18.4. The van der Waals surface area contributed by atoms with E-state index >= 15 is 0 Å². The first-order chi connectivity index (χ1) is 18.1. The van der Waals surface area contributed by atoms with E-state index in [4.69, 9.17) is 14.2 Å². The van der Waals surface area contributed by atoms with E-state index in [2.05, 4.69) is 0 Å². The molecule has 4 aliphatic heterocycles. The van der Waals surface area contributed by atoms with Crippen molar-refractivity contribution in [2.75, 3.05) is 18.8 Å². The number of Topliss-reactive ketones (excluding diaryl/α,β-unsaturated/α-hetero) is 1. The van der Waals surface area contributed by atoms with Gasteiger partial charge in [0.1, 0.15) is 11.8 Å². The summed E-state index contributed by atoms with van der Waals surface area (Å²) in [5, 5.41) is 0. The van der Waals surface area contributed by atoms with Crippen LogP contribution in [0.2, 0.25) is 0 Å². The molecule has 2 amide bonds. The van der Waals surface area contributed by atoms with Crippen LogP contribution in [0.15, 0.2) is 72.9 Å². The number of benzene rings is 3. The average molecular weight is 495 g/mol. The van der Waals surface area contributed by atoms with Gasteiger partial charge in [0.25, 0.3) is 0 Å². The van der Waals surface area contributed by atoms with Gasteiger partial charge in [-0.05, 0) is 53.6 Å². The molecule has 2 saturated heterocycles. The minimum absolute atomic E-state index is 0.0878. The fourth-order valence-corrected chi connectivity index (χ4v) is 6.06. The molecule has 3 aromatic rings. The zero-order valence-electron chi connectivity index (χ0n) is 19.9. The molecular weight excluding hydrogens is 472 g/mol. The van der Waals surface area contributed by atoms with Crippen molar-refractivity contribution < 1.29 is 28.6 Å².